The molecule has 0 saturated heterocycles. The number of H-pyrrole nitrogens is 1. The number of nitrogens with two attached hydrogens (primary N) is 1. The number of hydrazine groups is 1. The molecule has 0 aliphatic heterocycles. The summed E-state index contributed by atoms with van der Waals surface area (Å²) in [6.45, 7) is 2.05. The fourth-order valence-corrected chi connectivity index (χ4v) is 2.04. The lowest BCUT2D eigenvalue weighted by Crippen LogP contribution is -2.25. The summed E-state index contributed by atoms with van der Waals surface area (Å²) < 4.78 is 0. The standard InChI is InChI=1S/C16H16N4/c1-12-7-9-14(10-8-12)20(17)16-11-15(18-19-16)13-5-3-2-4-6-13/h2-11H,17H2,1H3,(H,18,19). The van der Waals surface area contributed by atoms with Crippen LogP contribution in [0.5, 0.6) is 0 Å². The third kappa shape index (κ3) is 2.41. The molecule has 3 N–H and O–H groups in total. The van der Waals surface area contributed by atoms with Gasteiger partial charge >= 0.3 is 0 Å². The largest absolute Gasteiger partial charge is 0.276 e. The molecule has 0 spiro atoms. The van der Waals surface area contributed by atoms with Gasteiger partial charge in [0.05, 0.1) is 11.4 Å². The van der Waals surface area contributed by atoms with Crippen molar-refractivity contribution < 1.29 is 0 Å². The smallest absolute Gasteiger partial charge is 0.169 e. The minimum atomic E-state index is 0.688. The summed E-state index contributed by atoms with van der Waals surface area (Å²) in [5.74, 6) is 6.80. The van der Waals surface area contributed by atoms with Crippen LogP contribution in [-0.2, 0) is 0 Å². The van der Waals surface area contributed by atoms with E-state index in [-0.39, 0.29) is 0 Å². The average Bonchev–Trinajstić information content (AvgIpc) is 2.98. The number of hydrogen-bond acceptors (Lipinski definition) is 3. The first-order valence-corrected chi connectivity index (χ1v) is 6.46. The Morgan fingerprint density at radius 1 is 1.00 bits per heavy atom. The summed E-state index contributed by atoms with van der Waals surface area (Å²) in [6.07, 6.45) is 0. The fourth-order valence-electron chi connectivity index (χ4n) is 2.04. The SMILES string of the molecule is Cc1ccc(N(N)c2cc(-c3ccccc3)[nH]n2)cc1. The molecule has 0 aliphatic rings. The predicted molar refractivity (Wildman–Crippen MR) is 81.5 cm³/mol. The van der Waals surface area contributed by atoms with Crippen molar-refractivity contribution >= 4 is 11.5 Å². The van der Waals surface area contributed by atoms with E-state index in [0.717, 1.165) is 16.9 Å². The van der Waals surface area contributed by atoms with Gasteiger partial charge in [0, 0.05) is 6.07 Å². The lowest BCUT2D eigenvalue weighted by Gasteiger charge is -2.15. The van der Waals surface area contributed by atoms with Crippen LogP contribution in [0.3, 0.4) is 0 Å². The number of rotatable bonds is 3. The van der Waals surface area contributed by atoms with Crippen LogP contribution in [0.4, 0.5) is 11.5 Å². The summed E-state index contributed by atoms with van der Waals surface area (Å²) in [5.41, 5.74) is 4.14. The van der Waals surface area contributed by atoms with Crippen molar-refractivity contribution in [2.45, 2.75) is 6.92 Å². The monoisotopic (exact) mass is 264 g/mol. The van der Waals surface area contributed by atoms with E-state index < -0.39 is 0 Å². The van der Waals surface area contributed by atoms with Gasteiger partial charge in [-0.1, -0.05) is 48.0 Å². The first kappa shape index (κ1) is 12.4. The second kappa shape index (κ2) is 5.19. The molecule has 0 saturated carbocycles. The Morgan fingerprint density at radius 3 is 2.40 bits per heavy atom. The first-order chi connectivity index (χ1) is 9.74. The van der Waals surface area contributed by atoms with Gasteiger partial charge in [-0.2, -0.15) is 5.10 Å². The van der Waals surface area contributed by atoms with Crippen LogP contribution in [0.1, 0.15) is 5.56 Å². The lowest BCUT2D eigenvalue weighted by atomic mass is 10.1. The molecule has 0 aliphatic carbocycles. The highest BCUT2D eigenvalue weighted by molar-refractivity contribution is 5.66. The van der Waals surface area contributed by atoms with Gasteiger partial charge in [0.2, 0.25) is 0 Å². The molecule has 0 fully saturated rings. The first-order valence-electron chi connectivity index (χ1n) is 6.46. The number of hydrogen-bond donors (Lipinski definition) is 2. The van der Waals surface area contributed by atoms with Gasteiger partial charge in [-0.25, -0.2) is 5.84 Å². The van der Waals surface area contributed by atoms with E-state index in [0.29, 0.717) is 5.82 Å². The maximum absolute atomic E-state index is 6.11. The van der Waals surface area contributed by atoms with Crippen molar-refractivity contribution in [1.82, 2.24) is 10.2 Å². The minimum absolute atomic E-state index is 0.688. The maximum atomic E-state index is 6.11. The molecular formula is C16H16N4. The Balaban J connectivity index is 1.88. The number of aryl methyl sites for hydroxylation is 1. The fraction of sp³-hybridized carbons (Fsp3) is 0.0625. The van der Waals surface area contributed by atoms with Crippen LogP contribution in [-0.4, -0.2) is 10.2 Å². The van der Waals surface area contributed by atoms with Gasteiger partial charge in [-0.15, -0.1) is 0 Å². The number of aromatic nitrogens is 2. The topological polar surface area (TPSA) is 57.9 Å². The van der Waals surface area contributed by atoms with Gasteiger partial charge in [0.15, 0.2) is 5.82 Å². The zero-order valence-corrected chi connectivity index (χ0v) is 11.2. The van der Waals surface area contributed by atoms with Crippen LogP contribution < -0.4 is 10.9 Å². The summed E-state index contributed by atoms with van der Waals surface area (Å²) in [6, 6.07) is 20.0. The summed E-state index contributed by atoms with van der Waals surface area (Å²) in [4.78, 5) is 0. The highest BCUT2D eigenvalue weighted by atomic mass is 15.5. The van der Waals surface area contributed by atoms with E-state index in [1.807, 2.05) is 67.6 Å². The van der Waals surface area contributed by atoms with Crippen LogP contribution in [0, 0.1) is 6.92 Å². The van der Waals surface area contributed by atoms with Crippen LogP contribution >= 0.6 is 0 Å². The van der Waals surface area contributed by atoms with Crippen molar-refractivity contribution in [3.05, 3.63) is 66.2 Å². The summed E-state index contributed by atoms with van der Waals surface area (Å²) >= 11 is 0. The maximum Gasteiger partial charge on any atom is 0.169 e. The van der Waals surface area contributed by atoms with Crippen molar-refractivity contribution in [3.63, 3.8) is 0 Å². The van der Waals surface area contributed by atoms with Crippen LogP contribution in [0.15, 0.2) is 60.7 Å². The Hall–Kier alpha value is -2.59. The van der Waals surface area contributed by atoms with Crippen molar-refractivity contribution in [2.24, 2.45) is 5.84 Å². The number of anilines is 2. The lowest BCUT2D eigenvalue weighted by molar-refractivity contribution is 0.996. The molecule has 2 aromatic carbocycles. The quantitative estimate of drug-likeness (QED) is 0.563. The molecule has 3 rings (SSSR count). The summed E-state index contributed by atoms with van der Waals surface area (Å²) in [5, 5.41) is 8.85. The molecule has 0 bridgehead atoms. The molecule has 0 radical (unpaired) electrons. The molecule has 0 unspecified atom stereocenters. The van der Waals surface area contributed by atoms with E-state index in [1.165, 1.54) is 5.56 Å². The Morgan fingerprint density at radius 2 is 1.70 bits per heavy atom. The number of benzene rings is 2. The zero-order chi connectivity index (χ0) is 13.9. The molecule has 1 heterocycles. The molecule has 4 heteroatoms. The second-order valence-electron chi connectivity index (χ2n) is 4.71. The van der Waals surface area contributed by atoms with Gasteiger partial charge in [0.25, 0.3) is 0 Å². The Labute approximate surface area is 117 Å². The zero-order valence-electron chi connectivity index (χ0n) is 11.2. The minimum Gasteiger partial charge on any atom is -0.276 e. The molecule has 3 aromatic rings. The highest BCUT2D eigenvalue weighted by Gasteiger charge is 2.09. The molecule has 20 heavy (non-hydrogen) atoms. The molecule has 0 amide bonds. The van der Waals surface area contributed by atoms with E-state index in [9.17, 15) is 0 Å². The van der Waals surface area contributed by atoms with Crippen molar-refractivity contribution in [2.75, 3.05) is 5.01 Å². The van der Waals surface area contributed by atoms with Crippen LogP contribution in [0.2, 0.25) is 0 Å². The number of aromatic amines is 1. The van der Waals surface area contributed by atoms with Crippen LogP contribution in [0.25, 0.3) is 11.3 Å². The van der Waals surface area contributed by atoms with Crippen molar-refractivity contribution in [3.8, 4) is 11.3 Å². The van der Waals surface area contributed by atoms with E-state index in [2.05, 4.69) is 10.2 Å². The average molecular weight is 264 g/mol. The molecule has 1 aromatic heterocycles. The Kier molecular flexibility index (Phi) is 3.23. The molecule has 100 valence electrons. The molecule has 4 nitrogen and oxygen atoms in total. The van der Waals surface area contributed by atoms with Gasteiger partial charge in [-0.05, 0) is 24.6 Å². The van der Waals surface area contributed by atoms with Gasteiger partial charge < -0.3 is 0 Å². The van der Waals surface area contributed by atoms with E-state index in [1.54, 1.807) is 5.01 Å². The van der Waals surface area contributed by atoms with Gasteiger partial charge in [0.1, 0.15) is 0 Å². The van der Waals surface area contributed by atoms with Crippen molar-refractivity contribution in [1.29, 1.82) is 0 Å². The third-order valence-corrected chi connectivity index (χ3v) is 3.21. The third-order valence-electron chi connectivity index (χ3n) is 3.21. The molecular weight excluding hydrogens is 248 g/mol. The van der Waals surface area contributed by atoms with E-state index in [4.69, 9.17) is 5.84 Å². The number of nitrogens with zero attached hydrogens (tertiary/aromatic N) is 2. The van der Waals surface area contributed by atoms with E-state index >= 15 is 0 Å². The molecule has 0 atom stereocenters. The highest BCUT2D eigenvalue weighted by Crippen LogP contribution is 2.24. The van der Waals surface area contributed by atoms with Gasteiger partial charge in [-0.3, -0.25) is 10.1 Å². The Bertz CT molecular complexity index is 686. The normalized spacial score (nSPS) is 10.5. The second-order valence-corrected chi connectivity index (χ2v) is 4.71. The predicted octanol–water partition coefficient (Wildman–Crippen LogP) is 3.40. The number of nitrogens with one attached hydrogen (secondary N) is 1. The summed E-state index contributed by atoms with van der Waals surface area (Å²) in [7, 11) is 0.